The highest BCUT2D eigenvalue weighted by molar-refractivity contribution is 5.88. The predicted octanol–water partition coefficient (Wildman–Crippen LogP) is 4.50. The number of pyridine rings is 1. The number of nitrogens with one attached hydrogen (secondary N) is 1. The fraction of sp³-hybridized carbons (Fsp3) is 0.379. The Bertz CT molecular complexity index is 1120. The van der Waals surface area contributed by atoms with Gasteiger partial charge in [-0.2, -0.15) is 0 Å². The second-order valence-corrected chi connectivity index (χ2v) is 9.46. The summed E-state index contributed by atoms with van der Waals surface area (Å²) >= 11 is 0. The van der Waals surface area contributed by atoms with Crippen LogP contribution < -0.4 is 5.32 Å². The molecule has 0 radical (unpaired) electrons. The maximum absolute atomic E-state index is 11.6. The van der Waals surface area contributed by atoms with Crippen molar-refractivity contribution in [2.24, 2.45) is 5.92 Å². The number of ether oxygens (including phenoxy) is 2. The molecular formula is C29H35N3O4. The van der Waals surface area contributed by atoms with Crippen molar-refractivity contribution in [2.45, 2.75) is 45.4 Å². The van der Waals surface area contributed by atoms with Crippen LogP contribution >= 0.6 is 0 Å². The summed E-state index contributed by atoms with van der Waals surface area (Å²) in [7, 11) is 2.10. The van der Waals surface area contributed by atoms with E-state index < -0.39 is 6.29 Å². The van der Waals surface area contributed by atoms with Crippen LogP contribution in [0.4, 0.5) is 5.69 Å². The molecule has 0 saturated carbocycles. The SMILES string of the molecule is CC(=O)Nc1cccc([C@H]2O[C@@H](CN(C)CCc3ccccn3)[C@@H](C)[C@@H](c3ccc(CO)cc3)O2)c1. The number of hydrogen-bond acceptors (Lipinski definition) is 6. The normalized spacial score (nSPS) is 21.9. The first-order chi connectivity index (χ1) is 17.4. The van der Waals surface area contributed by atoms with Crippen molar-refractivity contribution in [2.75, 3.05) is 25.5 Å². The molecule has 1 aliphatic rings. The number of hydrogen-bond donors (Lipinski definition) is 2. The van der Waals surface area contributed by atoms with Crippen LogP contribution in [0.5, 0.6) is 0 Å². The number of rotatable bonds is 9. The molecule has 7 heteroatoms. The Morgan fingerprint density at radius 2 is 1.86 bits per heavy atom. The Labute approximate surface area is 213 Å². The minimum absolute atomic E-state index is 0.00667. The maximum Gasteiger partial charge on any atom is 0.221 e. The number of aliphatic hydroxyl groups is 1. The molecule has 1 aliphatic heterocycles. The van der Waals surface area contributed by atoms with E-state index in [2.05, 4.69) is 29.2 Å². The average molecular weight is 490 g/mol. The Kier molecular flexibility index (Phi) is 8.83. The summed E-state index contributed by atoms with van der Waals surface area (Å²) in [5, 5.41) is 12.3. The summed E-state index contributed by atoms with van der Waals surface area (Å²) in [5.74, 6) is -0.0300. The molecule has 1 fully saturated rings. The molecule has 1 amide bonds. The summed E-state index contributed by atoms with van der Waals surface area (Å²) in [5.41, 5.74) is 4.54. The van der Waals surface area contributed by atoms with Gasteiger partial charge in [-0.15, -0.1) is 0 Å². The molecule has 2 heterocycles. The molecule has 0 aliphatic carbocycles. The predicted molar refractivity (Wildman–Crippen MR) is 139 cm³/mol. The minimum Gasteiger partial charge on any atom is -0.392 e. The third-order valence-corrected chi connectivity index (χ3v) is 6.57. The lowest BCUT2D eigenvalue weighted by Crippen LogP contribution is -2.44. The largest absolute Gasteiger partial charge is 0.392 e. The Balaban J connectivity index is 1.54. The highest BCUT2D eigenvalue weighted by atomic mass is 16.7. The molecular weight excluding hydrogens is 454 g/mol. The lowest BCUT2D eigenvalue weighted by molar-refractivity contribution is -0.275. The van der Waals surface area contributed by atoms with Gasteiger partial charge in [0.2, 0.25) is 5.91 Å². The molecule has 0 unspecified atom stereocenters. The number of anilines is 1. The molecule has 36 heavy (non-hydrogen) atoms. The monoisotopic (exact) mass is 489 g/mol. The zero-order valence-electron chi connectivity index (χ0n) is 21.1. The van der Waals surface area contributed by atoms with Crippen molar-refractivity contribution in [1.29, 1.82) is 0 Å². The number of carbonyl (C=O) groups is 1. The van der Waals surface area contributed by atoms with E-state index in [1.807, 2.05) is 72.9 Å². The molecule has 190 valence electrons. The number of nitrogens with zero attached hydrogens (tertiary/aromatic N) is 2. The molecule has 4 atom stereocenters. The van der Waals surface area contributed by atoms with E-state index in [0.717, 1.165) is 41.9 Å². The van der Waals surface area contributed by atoms with Gasteiger partial charge in [-0.05, 0) is 42.4 Å². The molecule has 2 N–H and O–H groups in total. The van der Waals surface area contributed by atoms with Crippen molar-refractivity contribution < 1.29 is 19.4 Å². The van der Waals surface area contributed by atoms with Crippen LogP contribution in [-0.2, 0) is 27.3 Å². The quantitative estimate of drug-likeness (QED) is 0.461. The molecule has 4 rings (SSSR count). The van der Waals surface area contributed by atoms with Crippen LogP contribution in [0.2, 0.25) is 0 Å². The summed E-state index contributed by atoms with van der Waals surface area (Å²) in [6.45, 7) is 5.26. The van der Waals surface area contributed by atoms with Gasteiger partial charge in [0, 0.05) is 55.5 Å². The van der Waals surface area contributed by atoms with E-state index >= 15 is 0 Å². The van der Waals surface area contributed by atoms with Crippen LogP contribution in [0, 0.1) is 5.92 Å². The lowest BCUT2D eigenvalue weighted by Gasteiger charge is -2.42. The van der Waals surface area contributed by atoms with Gasteiger partial charge in [0.05, 0.1) is 18.8 Å². The number of aromatic nitrogens is 1. The van der Waals surface area contributed by atoms with E-state index in [1.54, 1.807) is 0 Å². The highest BCUT2D eigenvalue weighted by Gasteiger charge is 2.38. The fourth-order valence-electron chi connectivity index (χ4n) is 4.54. The van der Waals surface area contributed by atoms with Gasteiger partial charge in [-0.25, -0.2) is 0 Å². The minimum atomic E-state index is -0.577. The van der Waals surface area contributed by atoms with E-state index in [-0.39, 0.29) is 30.6 Å². The zero-order chi connectivity index (χ0) is 25.5. The van der Waals surface area contributed by atoms with Crippen LogP contribution in [0.15, 0.2) is 72.9 Å². The van der Waals surface area contributed by atoms with Crippen molar-refractivity contribution in [1.82, 2.24) is 9.88 Å². The van der Waals surface area contributed by atoms with Crippen LogP contribution in [0.25, 0.3) is 0 Å². The molecule has 7 nitrogen and oxygen atoms in total. The number of aliphatic hydroxyl groups excluding tert-OH is 1. The smallest absolute Gasteiger partial charge is 0.221 e. The molecule has 1 aromatic heterocycles. The van der Waals surface area contributed by atoms with Gasteiger partial charge in [0.1, 0.15) is 0 Å². The highest BCUT2D eigenvalue weighted by Crippen LogP contribution is 2.42. The fourth-order valence-corrected chi connectivity index (χ4v) is 4.54. The van der Waals surface area contributed by atoms with Gasteiger partial charge in [-0.1, -0.05) is 49.4 Å². The van der Waals surface area contributed by atoms with E-state index in [0.29, 0.717) is 5.69 Å². The second-order valence-electron chi connectivity index (χ2n) is 9.46. The Hall–Kier alpha value is -3.10. The first kappa shape index (κ1) is 26.0. The molecule has 0 bridgehead atoms. The third-order valence-electron chi connectivity index (χ3n) is 6.57. The third kappa shape index (κ3) is 6.77. The van der Waals surface area contributed by atoms with Crippen LogP contribution in [0.3, 0.4) is 0 Å². The van der Waals surface area contributed by atoms with Crippen molar-refractivity contribution in [3.63, 3.8) is 0 Å². The summed E-state index contributed by atoms with van der Waals surface area (Å²) in [6.07, 6.45) is 1.85. The summed E-state index contributed by atoms with van der Waals surface area (Å²) in [6, 6.07) is 21.5. The van der Waals surface area contributed by atoms with Gasteiger partial charge in [0.15, 0.2) is 6.29 Å². The standard InChI is InChI=1S/C29H35N3O4/c1-20-27(18-32(3)16-14-25-8-4-5-15-30-25)35-29(24-7-6-9-26(17-24)31-21(2)34)36-28(20)23-12-10-22(19-33)11-13-23/h4-13,15,17,20,27-29,33H,14,16,18-19H2,1-3H3,(H,31,34)/t20-,27+,28+,29+/m1/s1. The van der Waals surface area contributed by atoms with E-state index in [4.69, 9.17) is 9.47 Å². The summed E-state index contributed by atoms with van der Waals surface area (Å²) < 4.78 is 13.1. The van der Waals surface area contributed by atoms with Crippen molar-refractivity contribution >= 4 is 11.6 Å². The second kappa shape index (κ2) is 12.2. The van der Waals surface area contributed by atoms with Gasteiger partial charge in [-0.3, -0.25) is 9.78 Å². The van der Waals surface area contributed by atoms with Gasteiger partial charge in [0.25, 0.3) is 0 Å². The maximum atomic E-state index is 11.6. The van der Waals surface area contributed by atoms with Gasteiger partial charge < -0.3 is 24.8 Å². The first-order valence-electron chi connectivity index (χ1n) is 12.4. The average Bonchev–Trinajstić information content (AvgIpc) is 2.89. The lowest BCUT2D eigenvalue weighted by atomic mass is 9.90. The van der Waals surface area contributed by atoms with Crippen molar-refractivity contribution in [3.8, 4) is 0 Å². The summed E-state index contributed by atoms with van der Waals surface area (Å²) in [4.78, 5) is 18.3. The zero-order valence-corrected chi connectivity index (χ0v) is 21.1. The Morgan fingerprint density at radius 1 is 1.06 bits per heavy atom. The molecule has 0 spiro atoms. The van der Waals surface area contributed by atoms with Crippen LogP contribution in [0.1, 0.15) is 48.6 Å². The number of carbonyl (C=O) groups excluding carboxylic acids is 1. The van der Waals surface area contributed by atoms with Crippen LogP contribution in [-0.4, -0.2) is 47.1 Å². The Morgan fingerprint density at radius 3 is 2.56 bits per heavy atom. The van der Waals surface area contributed by atoms with E-state index in [1.165, 1.54) is 6.92 Å². The molecule has 1 saturated heterocycles. The van der Waals surface area contributed by atoms with Gasteiger partial charge >= 0.3 is 0 Å². The molecule has 3 aromatic rings. The number of benzene rings is 2. The first-order valence-corrected chi connectivity index (χ1v) is 12.4. The van der Waals surface area contributed by atoms with E-state index in [9.17, 15) is 9.90 Å². The molecule has 2 aromatic carbocycles. The topological polar surface area (TPSA) is 83.9 Å². The number of amides is 1. The van der Waals surface area contributed by atoms with Crippen molar-refractivity contribution in [3.05, 3.63) is 95.3 Å². The number of likely N-dealkylation sites (N-methyl/N-ethyl adjacent to an activating group) is 1.